The van der Waals surface area contributed by atoms with Gasteiger partial charge in [0.1, 0.15) is 5.82 Å². The molecule has 1 saturated heterocycles. The van der Waals surface area contributed by atoms with Gasteiger partial charge in [-0.15, -0.1) is 5.10 Å². The first kappa shape index (κ1) is 17.6. The Morgan fingerprint density at radius 1 is 1.52 bits per heavy atom. The number of nitrogens with one attached hydrogen (secondary N) is 1. The number of hydrogen-bond acceptors (Lipinski definition) is 8. The highest BCUT2D eigenvalue weighted by Crippen LogP contribution is 2.22. The number of anilines is 1. The number of tetrazole rings is 1. The number of piperidine rings is 1. The lowest BCUT2D eigenvalue weighted by molar-refractivity contribution is -0.118. The quantitative estimate of drug-likeness (QED) is 0.689. The number of carbonyl (C=O) groups is 1. The van der Waals surface area contributed by atoms with Gasteiger partial charge in [0.05, 0.1) is 11.9 Å². The van der Waals surface area contributed by atoms with Gasteiger partial charge in [-0.2, -0.15) is 0 Å². The van der Waals surface area contributed by atoms with Gasteiger partial charge in [-0.3, -0.25) is 4.79 Å². The number of β-amino-alcohol motifs (C(OH)–C–C–N with tert-alkyl or cyclic N) is 1. The molecule has 0 aromatic carbocycles. The number of hydrogen-bond donors (Lipinski definition) is 2. The minimum Gasteiger partial charge on any atom is -0.391 e. The number of aliphatic hydroxyl groups is 1. The Morgan fingerprint density at radius 2 is 2.40 bits per heavy atom. The summed E-state index contributed by atoms with van der Waals surface area (Å²) in [6.07, 6.45) is 3.17. The van der Waals surface area contributed by atoms with Crippen LogP contribution in [0.5, 0.6) is 0 Å². The summed E-state index contributed by atoms with van der Waals surface area (Å²) in [7, 11) is 1.73. The van der Waals surface area contributed by atoms with Gasteiger partial charge in [-0.25, -0.2) is 9.67 Å². The SMILES string of the molecule is Cn1nnnc1SCC(=O)NCc1cccnc1N1CCC[C@H](O)C1. The molecule has 25 heavy (non-hydrogen) atoms. The number of nitrogens with zero attached hydrogens (tertiary/aromatic N) is 6. The van der Waals surface area contributed by atoms with Crippen molar-refractivity contribution < 1.29 is 9.90 Å². The van der Waals surface area contributed by atoms with Gasteiger partial charge in [0.25, 0.3) is 0 Å². The molecule has 2 aromatic rings. The van der Waals surface area contributed by atoms with Crippen LogP contribution in [-0.2, 0) is 18.4 Å². The summed E-state index contributed by atoms with van der Waals surface area (Å²) in [6, 6.07) is 3.80. The smallest absolute Gasteiger partial charge is 0.230 e. The van der Waals surface area contributed by atoms with Gasteiger partial charge in [0.15, 0.2) is 0 Å². The molecule has 1 fully saturated rings. The summed E-state index contributed by atoms with van der Waals surface area (Å²) in [5.74, 6) is 0.972. The molecule has 0 aliphatic carbocycles. The number of pyridine rings is 1. The number of thioether (sulfide) groups is 1. The summed E-state index contributed by atoms with van der Waals surface area (Å²) in [5, 5.41) is 24.5. The van der Waals surface area contributed by atoms with E-state index < -0.39 is 0 Å². The van der Waals surface area contributed by atoms with E-state index in [1.807, 2.05) is 12.1 Å². The monoisotopic (exact) mass is 363 g/mol. The van der Waals surface area contributed by atoms with E-state index >= 15 is 0 Å². The molecule has 0 radical (unpaired) electrons. The van der Waals surface area contributed by atoms with Crippen molar-refractivity contribution in [1.29, 1.82) is 0 Å². The van der Waals surface area contributed by atoms with Gasteiger partial charge in [0.2, 0.25) is 11.1 Å². The fraction of sp³-hybridized carbons (Fsp3) is 0.533. The van der Waals surface area contributed by atoms with E-state index in [1.54, 1.807) is 13.2 Å². The molecule has 10 heteroatoms. The Labute approximate surface area is 149 Å². The van der Waals surface area contributed by atoms with Gasteiger partial charge in [-0.05, 0) is 29.3 Å². The fourth-order valence-corrected chi connectivity index (χ4v) is 3.40. The summed E-state index contributed by atoms with van der Waals surface area (Å²) in [4.78, 5) is 18.6. The Bertz CT molecular complexity index is 723. The first-order chi connectivity index (χ1) is 12.1. The second-order valence-corrected chi connectivity index (χ2v) is 6.82. The van der Waals surface area contributed by atoms with Gasteiger partial charge in [-0.1, -0.05) is 17.8 Å². The van der Waals surface area contributed by atoms with Crippen LogP contribution in [0.4, 0.5) is 5.82 Å². The molecule has 1 aliphatic rings. The number of aromatic nitrogens is 5. The van der Waals surface area contributed by atoms with E-state index in [2.05, 4.69) is 30.7 Å². The molecule has 0 saturated carbocycles. The lowest BCUT2D eigenvalue weighted by atomic mass is 10.1. The molecule has 0 bridgehead atoms. The molecule has 0 unspecified atom stereocenters. The van der Waals surface area contributed by atoms with Crippen molar-refractivity contribution in [2.24, 2.45) is 7.05 Å². The van der Waals surface area contributed by atoms with E-state index in [0.717, 1.165) is 30.8 Å². The Hall–Kier alpha value is -2.20. The maximum atomic E-state index is 12.1. The average Bonchev–Trinajstić information content (AvgIpc) is 3.03. The lowest BCUT2D eigenvalue weighted by Gasteiger charge is -2.32. The molecule has 3 heterocycles. The summed E-state index contributed by atoms with van der Waals surface area (Å²) in [6.45, 7) is 1.84. The Kier molecular flexibility index (Phi) is 5.82. The average molecular weight is 363 g/mol. The molecule has 0 spiro atoms. The number of carbonyl (C=O) groups excluding carboxylic acids is 1. The first-order valence-corrected chi connectivity index (χ1v) is 9.11. The lowest BCUT2D eigenvalue weighted by Crippen LogP contribution is -2.39. The molecular weight excluding hydrogens is 342 g/mol. The zero-order valence-corrected chi connectivity index (χ0v) is 14.8. The molecule has 2 N–H and O–H groups in total. The van der Waals surface area contributed by atoms with Crippen LogP contribution in [0, 0.1) is 0 Å². The van der Waals surface area contributed by atoms with E-state index in [0.29, 0.717) is 18.2 Å². The maximum Gasteiger partial charge on any atom is 0.230 e. The molecule has 1 amide bonds. The van der Waals surface area contributed by atoms with Crippen molar-refractivity contribution in [3.8, 4) is 0 Å². The van der Waals surface area contributed by atoms with E-state index in [1.165, 1.54) is 16.4 Å². The third-order valence-corrected chi connectivity index (χ3v) is 4.96. The molecule has 134 valence electrons. The Balaban J connectivity index is 1.56. The van der Waals surface area contributed by atoms with Gasteiger partial charge < -0.3 is 15.3 Å². The predicted octanol–water partition coefficient (Wildman–Crippen LogP) is -0.0253. The summed E-state index contributed by atoms with van der Waals surface area (Å²) < 4.78 is 1.53. The van der Waals surface area contributed by atoms with E-state index in [9.17, 15) is 9.90 Å². The number of aryl methyl sites for hydroxylation is 1. The highest BCUT2D eigenvalue weighted by atomic mass is 32.2. The van der Waals surface area contributed by atoms with Crippen LogP contribution in [0.15, 0.2) is 23.5 Å². The first-order valence-electron chi connectivity index (χ1n) is 8.12. The van der Waals surface area contributed by atoms with Crippen LogP contribution >= 0.6 is 11.8 Å². The minimum absolute atomic E-state index is 0.0959. The molecule has 3 rings (SSSR count). The molecular formula is C15H21N7O2S. The predicted molar refractivity (Wildman–Crippen MR) is 93.1 cm³/mol. The minimum atomic E-state index is -0.324. The van der Waals surface area contributed by atoms with Crippen molar-refractivity contribution >= 4 is 23.5 Å². The van der Waals surface area contributed by atoms with Gasteiger partial charge in [0, 0.05) is 38.4 Å². The maximum absolute atomic E-state index is 12.1. The van der Waals surface area contributed by atoms with Crippen LogP contribution in [0.25, 0.3) is 0 Å². The van der Waals surface area contributed by atoms with Gasteiger partial charge >= 0.3 is 0 Å². The third kappa shape index (κ3) is 4.67. The second kappa shape index (κ2) is 8.26. The fourth-order valence-electron chi connectivity index (χ4n) is 2.72. The Morgan fingerprint density at radius 3 is 3.16 bits per heavy atom. The summed E-state index contributed by atoms with van der Waals surface area (Å²) in [5.41, 5.74) is 0.940. The zero-order valence-electron chi connectivity index (χ0n) is 14.0. The van der Waals surface area contributed by atoms with Crippen molar-refractivity contribution in [2.45, 2.75) is 30.6 Å². The number of rotatable bonds is 6. The topological polar surface area (TPSA) is 109 Å². The van der Waals surface area contributed by atoms with Crippen molar-refractivity contribution in [2.75, 3.05) is 23.7 Å². The molecule has 2 aromatic heterocycles. The van der Waals surface area contributed by atoms with Crippen LogP contribution in [0.2, 0.25) is 0 Å². The standard InChI is InChI=1S/C15H21N7O2S/c1-21-15(18-19-20-21)25-10-13(24)17-8-11-4-2-6-16-14(11)22-7-3-5-12(23)9-22/h2,4,6,12,23H,3,5,7-10H2,1H3,(H,17,24)/t12-/m0/s1. The molecule has 9 nitrogen and oxygen atoms in total. The summed E-state index contributed by atoms with van der Waals surface area (Å²) >= 11 is 1.29. The zero-order chi connectivity index (χ0) is 17.6. The van der Waals surface area contributed by atoms with Crippen molar-refractivity contribution in [1.82, 2.24) is 30.5 Å². The van der Waals surface area contributed by atoms with Crippen LogP contribution in [0.3, 0.4) is 0 Å². The van der Waals surface area contributed by atoms with E-state index in [-0.39, 0.29) is 17.8 Å². The van der Waals surface area contributed by atoms with Crippen molar-refractivity contribution in [3.63, 3.8) is 0 Å². The largest absolute Gasteiger partial charge is 0.391 e. The number of aliphatic hydroxyl groups excluding tert-OH is 1. The van der Waals surface area contributed by atoms with Crippen LogP contribution in [0.1, 0.15) is 18.4 Å². The highest BCUT2D eigenvalue weighted by Gasteiger charge is 2.21. The number of amides is 1. The third-order valence-electron chi connectivity index (χ3n) is 3.95. The van der Waals surface area contributed by atoms with Crippen LogP contribution in [-0.4, -0.2) is 61.2 Å². The highest BCUT2D eigenvalue weighted by molar-refractivity contribution is 7.99. The second-order valence-electron chi connectivity index (χ2n) is 5.88. The normalized spacial score (nSPS) is 17.5. The van der Waals surface area contributed by atoms with E-state index in [4.69, 9.17) is 0 Å². The molecule has 1 atom stereocenters. The molecule has 1 aliphatic heterocycles. The van der Waals surface area contributed by atoms with Crippen molar-refractivity contribution in [3.05, 3.63) is 23.9 Å². The van der Waals surface area contributed by atoms with Crippen LogP contribution < -0.4 is 10.2 Å².